The van der Waals surface area contributed by atoms with Gasteiger partial charge in [-0.2, -0.15) is 0 Å². The second kappa shape index (κ2) is 9.03. The lowest BCUT2D eigenvalue weighted by Gasteiger charge is -2.32. The van der Waals surface area contributed by atoms with Gasteiger partial charge in [0.2, 0.25) is 0 Å². The van der Waals surface area contributed by atoms with Gasteiger partial charge in [0.25, 0.3) is 5.91 Å². The van der Waals surface area contributed by atoms with Gasteiger partial charge in [0, 0.05) is 25.6 Å². The first-order chi connectivity index (χ1) is 12.0. The highest BCUT2D eigenvalue weighted by Gasteiger charge is 2.32. The molecule has 0 N–H and O–H groups in total. The highest BCUT2D eigenvalue weighted by molar-refractivity contribution is 5.80. The molecule has 0 radical (unpaired) electrons. The molecule has 0 saturated carbocycles. The quantitative estimate of drug-likeness (QED) is 0.689. The van der Waals surface area contributed by atoms with Crippen LogP contribution in [0, 0.1) is 5.41 Å². The van der Waals surface area contributed by atoms with Crippen molar-refractivity contribution in [1.29, 1.82) is 0 Å². The molecule has 0 atom stereocenters. The Kier molecular flexibility index (Phi) is 7.63. The highest BCUT2D eigenvalue weighted by Crippen LogP contribution is 2.25. The number of benzene rings is 1. The van der Waals surface area contributed by atoms with Crippen LogP contribution in [0.1, 0.15) is 46.6 Å². The van der Waals surface area contributed by atoms with Crippen molar-refractivity contribution in [3.8, 4) is 0 Å². The zero-order valence-electron chi connectivity index (χ0n) is 17.0. The van der Waals surface area contributed by atoms with Gasteiger partial charge in [0.05, 0.1) is 7.11 Å². The van der Waals surface area contributed by atoms with Gasteiger partial charge in [-0.05, 0) is 32.8 Å². The minimum Gasteiger partial charge on any atom is -0.444 e. The lowest BCUT2D eigenvalue weighted by Crippen LogP contribution is -2.42. The Morgan fingerprint density at radius 2 is 1.62 bits per heavy atom. The van der Waals surface area contributed by atoms with Gasteiger partial charge in [0.1, 0.15) is 5.60 Å². The first-order valence-electron chi connectivity index (χ1n) is 8.80. The number of carbonyl (C=O) groups is 2. The van der Waals surface area contributed by atoms with Crippen LogP contribution in [0.2, 0.25) is 0 Å². The van der Waals surface area contributed by atoms with Crippen LogP contribution >= 0.6 is 0 Å². The largest absolute Gasteiger partial charge is 0.444 e. The number of carbonyl (C=O) groups excluding carboxylic acids is 2. The maximum Gasteiger partial charge on any atom is 0.410 e. The van der Waals surface area contributed by atoms with Crippen molar-refractivity contribution in [3.63, 3.8) is 0 Å². The predicted octanol–water partition coefficient (Wildman–Crippen LogP) is 3.86. The maximum atomic E-state index is 12.6. The third-order valence-electron chi connectivity index (χ3n) is 4.01. The molecule has 0 spiro atoms. The van der Waals surface area contributed by atoms with E-state index in [1.54, 1.807) is 11.9 Å². The van der Waals surface area contributed by atoms with Crippen LogP contribution in [0.4, 0.5) is 4.79 Å². The molecular formula is C20H32N2O4. The number of nitrogens with zero attached hydrogens (tertiary/aromatic N) is 2. The number of hydroxylamine groups is 2. The molecule has 1 rings (SSSR count). The molecule has 0 unspecified atom stereocenters. The third kappa shape index (κ3) is 7.04. The Balaban J connectivity index is 2.88. The zero-order valence-corrected chi connectivity index (χ0v) is 17.0. The van der Waals surface area contributed by atoms with Crippen LogP contribution in [0.5, 0.6) is 0 Å². The molecule has 6 nitrogen and oxygen atoms in total. The van der Waals surface area contributed by atoms with Crippen molar-refractivity contribution < 1.29 is 19.2 Å². The van der Waals surface area contributed by atoms with E-state index in [0.29, 0.717) is 19.5 Å². The minimum atomic E-state index is -0.665. The summed E-state index contributed by atoms with van der Waals surface area (Å²) < 4.78 is 5.53. The van der Waals surface area contributed by atoms with Gasteiger partial charge >= 0.3 is 6.09 Å². The summed E-state index contributed by atoms with van der Waals surface area (Å²) in [5, 5.41) is 1.22. The van der Waals surface area contributed by atoms with Crippen molar-refractivity contribution in [1.82, 2.24) is 9.96 Å². The first-order valence-corrected chi connectivity index (χ1v) is 8.80. The van der Waals surface area contributed by atoms with E-state index in [4.69, 9.17) is 9.57 Å². The number of hydrogen-bond donors (Lipinski definition) is 0. The molecule has 26 heavy (non-hydrogen) atoms. The normalized spacial score (nSPS) is 11.8. The summed E-state index contributed by atoms with van der Waals surface area (Å²) in [5.74, 6) is -0.135. The average Bonchev–Trinajstić information content (AvgIpc) is 2.56. The SMILES string of the molecule is CON(C)C(=O)C(C)(C)CCN(Cc1ccccc1)C(=O)OC(C)(C)C. The second-order valence-electron chi connectivity index (χ2n) is 8.01. The van der Waals surface area contributed by atoms with E-state index in [1.165, 1.54) is 12.2 Å². The Bertz CT molecular complexity index is 594. The zero-order chi connectivity index (χ0) is 20.0. The number of ether oxygens (including phenoxy) is 1. The molecule has 1 aromatic carbocycles. The summed E-state index contributed by atoms with van der Waals surface area (Å²) >= 11 is 0. The molecule has 0 aliphatic heterocycles. The van der Waals surface area contributed by atoms with Gasteiger partial charge in [-0.3, -0.25) is 9.63 Å². The van der Waals surface area contributed by atoms with Gasteiger partial charge < -0.3 is 9.64 Å². The van der Waals surface area contributed by atoms with Crippen molar-refractivity contribution in [2.75, 3.05) is 20.7 Å². The van der Waals surface area contributed by atoms with Crippen molar-refractivity contribution in [3.05, 3.63) is 35.9 Å². The lowest BCUT2D eigenvalue weighted by atomic mass is 9.88. The van der Waals surface area contributed by atoms with Gasteiger partial charge in [0.15, 0.2) is 0 Å². The van der Waals surface area contributed by atoms with Gasteiger partial charge in [-0.25, -0.2) is 9.86 Å². The van der Waals surface area contributed by atoms with Crippen LogP contribution in [-0.2, 0) is 20.9 Å². The van der Waals surface area contributed by atoms with Crippen LogP contribution in [0.3, 0.4) is 0 Å². The Morgan fingerprint density at radius 1 is 1.04 bits per heavy atom. The van der Waals surface area contributed by atoms with Crippen LogP contribution in [-0.4, -0.2) is 48.3 Å². The summed E-state index contributed by atoms with van der Waals surface area (Å²) in [4.78, 5) is 31.7. The molecule has 1 aromatic rings. The van der Waals surface area contributed by atoms with E-state index < -0.39 is 11.0 Å². The monoisotopic (exact) mass is 364 g/mol. The van der Waals surface area contributed by atoms with Gasteiger partial charge in [-0.15, -0.1) is 0 Å². The molecule has 0 saturated heterocycles. The van der Waals surface area contributed by atoms with Crippen molar-refractivity contribution >= 4 is 12.0 Å². The van der Waals surface area contributed by atoms with Crippen LogP contribution in [0.25, 0.3) is 0 Å². The van der Waals surface area contributed by atoms with E-state index in [2.05, 4.69) is 0 Å². The van der Waals surface area contributed by atoms with Gasteiger partial charge in [-0.1, -0.05) is 44.2 Å². The predicted molar refractivity (Wildman–Crippen MR) is 101 cm³/mol. The topological polar surface area (TPSA) is 59.1 Å². The smallest absolute Gasteiger partial charge is 0.410 e. The van der Waals surface area contributed by atoms with Crippen molar-refractivity contribution in [2.45, 2.75) is 53.2 Å². The summed E-state index contributed by atoms with van der Waals surface area (Å²) in [5.41, 5.74) is -0.230. The molecule has 0 fully saturated rings. The molecule has 0 aliphatic rings. The summed E-state index contributed by atoms with van der Waals surface area (Å²) in [6.07, 6.45) is 0.107. The maximum absolute atomic E-state index is 12.6. The minimum absolute atomic E-state index is 0.135. The fraction of sp³-hybridized carbons (Fsp3) is 0.600. The average molecular weight is 364 g/mol. The molecule has 146 valence electrons. The summed E-state index contributed by atoms with van der Waals surface area (Å²) in [6, 6.07) is 9.73. The van der Waals surface area contributed by atoms with Crippen LogP contribution in [0.15, 0.2) is 30.3 Å². The number of rotatable bonds is 7. The van der Waals surface area contributed by atoms with E-state index >= 15 is 0 Å². The first kappa shape index (κ1) is 22.0. The Morgan fingerprint density at radius 3 is 2.12 bits per heavy atom. The standard InChI is InChI=1S/C20H32N2O4/c1-19(2,3)26-18(24)22(15-16-11-9-8-10-12-16)14-13-20(4,5)17(23)21(6)25-7/h8-12H,13-15H2,1-7H3. The Labute approximate surface area is 157 Å². The van der Waals surface area contributed by atoms with E-state index in [-0.39, 0.29) is 12.0 Å². The van der Waals surface area contributed by atoms with E-state index in [9.17, 15) is 9.59 Å². The van der Waals surface area contributed by atoms with E-state index in [0.717, 1.165) is 5.56 Å². The fourth-order valence-corrected chi connectivity index (χ4v) is 2.40. The summed E-state index contributed by atoms with van der Waals surface area (Å²) in [6.45, 7) is 10.0. The van der Waals surface area contributed by atoms with Crippen LogP contribution < -0.4 is 0 Å². The highest BCUT2D eigenvalue weighted by atomic mass is 16.7. The molecule has 2 amide bonds. The Hall–Kier alpha value is -2.08. The number of amides is 2. The molecule has 0 aromatic heterocycles. The lowest BCUT2D eigenvalue weighted by molar-refractivity contribution is -0.179. The third-order valence-corrected chi connectivity index (χ3v) is 4.01. The molecule has 0 aliphatic carbocycles. The molecule has 0 heterocycles. The summed E-state index contributed by atoms with van der Waals surface area (Å²) in [7, 11) is 3.04. The molecule has 0 bridgehead atoms. The molecular weight excluding hydrogens is 332 g/mol. The second-order valence-corrected chi connectivity index (χ2v) is 8.01. The molecule has 6 heteroatoms. The number of hydrogen-bond acceptors (Lipinski definition) is 4. The van der Waals surface area contributed by atoms with Crippen molar-refractivity contribution in [2.24, 2.45) is 5.41 Å². The fourth-order valence-electron chi connectivity index (χ4n) is 2.40. The van der Waals surface area contributed by atoms with E-state index in [1.807, 2.05) is 65.0 Å².